The zero-order chi connectivity index (χ0) is 15.7. The molecule has 110 valence electrons. The van der Waals surface area contributed by atoms with Gasteiger partial charge in [0.1, 0.15) is 17.8 Å². The second-order valence-electron chi connectivity index (χ2n) is 4.29. The lowest BCUT2D eigenvalue weighted by Crippen LogP contribution is -2.21. The Morgan fingerprint density at radius 1 is 1.10 bits per heavy atom. The molecule has 0 atom stereocenters. The Morgan fingerprint density at radius 2 is 1.67 bits per heavy atom. The molecule has 21 heavy (non-hydrogen) atoms. The minimum atomic E-state index is 0.0231. The predicted octanol–water partition coefficient (Wildman–Crippen LogP) is 2.69. The number of hydrogen-bond donors (Lipinski definition) is 1. The lowest BCUT2D eigenvalue weighted by Gasteiger charge is -2.13. The number of allylic oxidation sites excluding steroid dienone is 1. The van der Waals surface area contributed by atoms with E-state index in [0.717, 1.165) is 5.56 Å². The van der Waals surface area contributed by atoms with Crippen LogP contribution < -0.4 is 10.3 Å². The molecule has 0 aliphatic carbocycles. The third kappa shape index (κ3) is 4.24. The van der Waals surface area contributed by atoms with E-state index in [1.165, 1.54) is 19.6 Å². The van der Waals surface area contributed by atoms with Crippen LogP contribution in [0.15, 0.2) is 29.8 Å². The normalized spacial score (nSPS) is 11.2. The summed E-state index contributed by atoms with van der Waals surface area (Å²) in [4.78, 5) is 7.46. The molecular formula is C16H20N4O. The first-order chi connectivity index (χ1) is 10.2. The second-order valence-corrected chi connectivity index (χ2v) is 4.29. The van der Waals surface area contributed by atoms with Crippen molar-refractivity contribution in [3.63, 3.8) is 0 Å². The fourth-order valence-corrected chi connectivity index (χ4v) is 1.92. The SMILES string of the molecule is CCN(CC)CC.N#CC(C#N)=C1NOc2ccccc21. The number of hydroxylamine groups is 1. The number of para-hydroxylation sites is 1. The van der Waals surface area contributed by atoms with Crippen LogP contribution in [0.25, 0.3) is 5.70 Å². The van der Waals surface area contributed by atoms with Gasteiger partial charge in [0.2, 0.25) is 0 Å². The minimum Gasteiger partial charge on any atom is -0.381 e. The van der Waals surface area contributed by atoms with Crippen molar-refractivity contribution in [1.82, 2.24) is 10.4 Å². The topological polar surface area (TPSA) is 72.1 Å². The highest BCUT2D eigenvalue weighted by molar-refractivity contribution is 5.78. The Hall–Kier alpha value is -2.50. The summed E-state index contributed by atoms with van der Waals surface area (Å²) in [6.07, 6.45) is 0. The van der Waals surface area contributed by atoms with E-state index in [0.29, 0.717) is 11.4 Å². The van der Waals surface area contributed by atoms with Gasteiger partial charge in [-0.3, -0.25) is 0 Å². The van der Waals surface area contributed by atoms with Gasteiger partial charge in [-0.1, -0.05) is 32.9 Å². The van der Waals surface area contributed by atoms with E-state index in [-0.39, 0.29) is 5.57 Å². The Kier molecular flexibility index (Phi) is 6.80. The van der Waals surface area contributed by atoms with Crippen LogP contribution in [0.3, 0.4) is 0 Å². The number of fused-ring (bicyclic) bond motifs is 1. The van der Waals surface area contributed by atoms with Crippen LogP contribution in [0.4, 0.5) is 0 Å². The standard InChI is InChI=1S/C10H5N3O.C6H15N/c11-5-7(6-12)10-8-3-1-2-4-9(8)14-13-10;1-4-7(5-2)6-3/h1-4,13H;4-6H2,1-3H3. The van der Waals surface area contributed by atoms with E-state index in [1.54, 1.807) is 12.1 Å². The molecule has 1 N–H and O–H groups in total. The van der Waals surface area contributed by atoms with Crippen LogP contribution in [-0.2, 0) is 0 Å². The first-order valence-electron chi connectivity index (χ1n) is 7.00. The molecule has 0 radical (unpaired) electrons. The number of nitriles is 2. The summed E-state index contributed by atoms with van der Waals surface area (Å²) in [5.74, 6) is 0.630. The van der Waals surface area contributed by atoms with Gasteiger partial charge in [-0.15, -0.1) is 0 Å². The zero-order valence-corrected chi connectivity index (χ0v) is 12.7. The lowest BCUT2D eigenvalue weighted by atomic mass is 10.1. The van der Waals surface area contributed by atoms with Gasteiger partial charge < -0.3 is 9.74 Å². The molecule has 1 aromatic carbocycles. The number of nitrogens with zero attached hydrogens (tertiary/aromatic N) is 3. The Labute approximate surface area is 126 Å². The van der Waals surface area contributed by atoms with Crippen molar-refractivity contribution in [2.24, 2.45) is 0 Å². The second kappa shape index (κ2) is 8.63. The largest absolute Gasteiger partial charge is 0.381 e. The molecule has 1 heterocycles. The van der Waals surface area contributed by atoms with Crippen LogP contribution in [-0.4, -0.2) is 24.5 Å². The molecule has 0 amide bonds. The highest BCUT2D eigenvalue weighted by Gasteiger charge is 2.20. The highest BCUT2D eigenvalue weighted by atomic mass is 16.7. The summed E-state index contributed by atoms with van der Waals surface area (Å²) in [5, 5.41) is 17.4. The number of rotatable bonds is 3. The van der Waals surface area contributed by atoms with Gasteiger partial charge in [-0.05, 0) is 31.8 Å². The number of hydrogen-bond acceptors (Lipinski definition) is 5. The van der Waals surface area contributed by atoms with Crippen molar-refractivity contribution in [2.45, 2.75) is 20.8 Å². The quantitative estimate of drug-likeness (QED) is 0.864. The molecule has 0 spiro atoms. The van der Waals surface area contributed by atoms with Crippen molar-refractivity contribution in [2.75, 3.05) is 19.6 Å². The van der Waals surface area contributed by atoms with Gasteiger partial charge in [0.05, 0.1) is 0 Å². The fourth-order valence-electron chi connectivity index (χ4n) is 1.92. The molecule has 1 aliphatic rings. The molecule has 0 aromatic heterocycles. The molecule has 5 nitrogen and oxygen atoms in total. The third-order valence-corrected chi connectivity index (χ3v) is 3.23. The van der Waals surface area contributed by atoms with Crippen molar-refractivity contribution in [3.8, 4) is 17.9 Å². The maximum absolute atomic E-state index is 8.69. The summed E-state index contributed by atoms with van der Waals surface area (Å²) in [5.41, 5.74) is 3.76. The van der Waals surface area contributed by atoms with Gasteiger partial charge in [0.15, 0.2) is 11.3 Å². The average Bonchev–Trinajstić information content (AvgIpc) is 2.95. The minimum absolute atomic E-state index is 0.0231. The Morgan fingerprint density at radius 3 is 2.14 bits per heavy atom. The molecule has 1 aromatic rings. The maximum atomic E-state index is 8.69. The summed E-state index contributed by atoms with van der Waals surface area (Å²) in [6, 6.07) is 10.8. The third-order valence-electron chi connectivity index (χ3n) is 3.23. The molecule has 2 rings (SSSR count). The van der Waals surface area contributed by atoms with E-state index in [1.807, 2.05) is 24.3 Å². The molecule has 0 saturated carbocycles. The number of nitrogens with one attached hydrogen (secondary N) is 1. The van der Waals surface area contributed by atoms with Gasteiger partial charge >= 0.3 is 0 Å². The maximum Gasteiger partial charge on any atom is 0.164 e. The van der Waals surface area contributed by atoms with Crippen molar-refractivity contribution in [3.05, 3.63) is 35.4 Å². The van der Waals surface area contributed by atoms with Gasteiger partial charge in [0.25, 0.3) is 0 Å². The molecule has 0 fully saturated rings. The Balaban J connectivity index is 0.000000270. The summed E-state index contributed by atoms with van der Waals surface area (Å²) < 4.78 is 0. The first-order valence-corrected chi connectivity index (χ1v) is 7.00. The molecule has 1 aliphatic heterocycles. The van der Waals surface area contributed by atoms with Gasteiger partial charge in [-0.2, -0.15) is 10.5 Å². The van der Waals surface area contributed by atoms with Crippen LogP contribution >= 0.6 is 0 Å². The summed E-state index contributed by atoms with van der Waals surface area (Å²) >= 11 is 0. The van der Waals surface area contributed by atoms with Crippen LogP contribution in [0.2, 0.25) is 0 Å². The molecule has 0 unspecified atom stereocenters. The average molecular weight is 284 g/mol. The number of benzene rings is 1. The summed E-state index contributed by atoms with van der Waals surface area (Å²) in [7, 11) is 0. The molecule has 5 heteroatoms. The van der Waals surface area contributed by atoms with E-state index in [4.69, 9.17) is 15.4 Å². The van der Waals surface area contributed by atoms with Crippen LogP contribution in [0, 0.1) is 22.7 Å². The van der Waals surface area contributed by atoms with Crippen LogP contribution in [0.5, 0.6) is 5.75 Å². The molecule has 0 bridgehead atoms. The van der Waals surface area contributed by atoms with E-state index >= 15 is 0 Å². The van der Waals surface area contributed by atoms with E-state index in [9.17, 15) is 0 Å². The lowest BCUT2D eigenvalue weighted by molar-refractivity contribution is 0.272. The van der Waals surface area contributed by atoms with Crippen molar-refractivity contribution >= 4 is 5.70 Å². The fraction of sp³-hybridized carbons (Fsp3) is 0.375. The smallest absolute Gasteiger partial charge is 0.164 e. The van der Waals surface area contributed by atoms with E-state index in [2.05, 4.69) is 31.2 Å². The van der Waals surface area contributed by atoms with Gasteiger partial charge in [-0.25, -0.2) is 5.48 Å². The summed E-state index contributed by atoms with van der Waals surface area (Å²) in [6.45, 7) is 10.1. The molecular weight excluding hydrogens is 264 g/mol. The van der Waals surface area contributed by atoms with Crippen molar-refractivity contribution < 1.29 is 4.84 Å². The highest BCUT2D eigenvalue weighted by Crippen LogP contribution is 2.30. The van der Waals surface area contributed by atoms with Crippen molar-refractivity contribution in [1.29, 1.82) is 10.5 Å². The molecule has 0 saturated heterocycles. The van der Waals surface area contributed by atoms with Gasteiger partial charge in [0, 0.05) is 5.56 Å². The first kappa shape index (κ1) is 16.6. The van der Waals surface area contributed by atoms with Crippen LogP contribution in [0.1, 0.15) is 26.3 Å². The van der Waals surface area contributed by atoms with E-state index < -0.39 is 0 Å². The monoisotopic (exact) mass is 284 g/mol. The Bertz CT molecular complexity index is 555. The predicted molar refractivity (Wildman–Crippen MR) is 81.8 cm³/mol. The zero-order valence-electron chi connectivity index (χ0n) is 12.7.